The highest BCUT2D eigenvalue weighted by molar-refractivity contribution is 6.10. The second-order valence-electron chi connectivity index (χ2n) is 8.33. The van der Waals surface area contributed by atoms with Gasteiger partial charge in [-0.25, -0.2) is 0 Å². The van der Waals surface area contributed by atoms with Gasteiger partial charge in [-0.3, -0.25) is 4.79 Å². The first kappa shape index (κ1) is 22.6. The first-order chi connectivity index (χ1) is 16.8. The molecule has 1 aliphatic rings. The van der Waals surface area contributed by atoms with Crippen LogP contribution in [-0.2, 0) is 19.8 Å². The first-order valence-electron chi connectivity index (χ1n) is 11.1. The average Bonchev–Trinajstić information content (AvgIpc) is 3.41. The Labute approximate surface area is 200 Å². The van der Waals surface area contributed by atoms with Crippen LogP contribution in [0.5, 0.6) is 0 Å². The van der Waals surface area contributed by atoms with Gasteiger partial charge in [0.2, 0.25) is 0 Å². The van der Waals surface area contributed by atoms with Crippen molar-refractivity contribution in [2.24, 2.45) is 7.05 Å². The van der Waals surface area contributed by atoms with E-state index in [2.05, 4.69) is 15.5 Å². The van der Waals surface area contributed by atoms with E-state index in [9.17, 15) is 18.0 Å². The van der Waals surface area contributed by atoms with Crippen molar-refractivity contribution < 1.29 is 18.0 Å². The third-order valence-corrected chi connectivity index (χ3v) is 6.07. The fourth-order valence-electron chi connectivity index (χ4n) is 4.49. The Morgan fingerprint density at radius 2 is 1.74 bits per heavy atom. The Hall–Kier alpha value is -4.14. The summed E-state index contributed by atoms with van der Waals surface area (Å²) < 4.78 is 42.6. The number of anilines is 2. The third-order valence-electron chi connectivity index (χ3n) is 6.07. The zero-order valence-corrected chi connectivity index (χ0v) is 19.1. The van der Waals surface area contributed by atoms with E-state index in [4.69, 9.17) is 0 Å². The highest BCUT2D eigenvalue weighted by atomic mass is 19.4. The number of aryl methyl sites for hydroxylation is 1. The second kappa shape index (κ2) is 8.57. The SMILES string of the molecule is CCNc1cc(-c2ccccc2-c2nncn2C)cc(N2Cc3c(cccc3C(F)(F)F)C2=O)c1. The number of halogens is 3. The van der Waals surface area contributed by atoms with Gasteiger partial charge in [0.15, 0.2) is 5.82 Å². The van der Waals surface area contributed by atoms with E-state index in [0.717, 1.165) is 28.4 Å². The summed E-state index contributed by atoms with van der Waals surface area (Å²) in [4.78, 5) is 14.6. The van der Waals surface area contributed by atoms with E-state index in [1.807, 2.05) is 54.9 Å². The molecule has 1 aliphatic heterocycles. The topological polar surface area (TPSA) is 63.1 Å². The molecule has 0 saturated heterocycles. The lowest BCUT2D eigenvalue weighted by atomic mass is 9.97. The van der Waals surface area contributed by atoms with Crippen LogP contribution in [0.4, 0.5) is 24.5 Å². The van der Waals surface area contributed by atoms with Crippen LogP contribution in [0.25, 0.3) is 22.5 Å². The molecule has 0 bridgehead atoms. The summed E-state index contributed by atoms with van der Waals surface area (Å²) in [5.74, 6) is 0.225. The summed E-state index contributed by atoms with van der Waals surface area (Å²) in [6.07, 6.45) is -2.92. The minimum atomic E-state index is -4.53. The summed E-state index contributed by atoms with van der Waals surface area (Å²) in [6, 6.07) is 17.0. The van der Waals surface area contributed by atoms with Gasteiger partial charge < -0.3 is 14.8 Å². The van der Waals surface area contributed by atoms with Crippen molar-refractivity contribution >= 4 is 17.3 Å². The normalized spacial score (nSPS) is 13.3. The molecule has 1 N–H and O–H groups in total. The Kier molecular flexibility index (Phi) is 5.55. The van der Waals surface area contributed by atoms with Crippen LogP contribution in [-0.4, -0.2) is 27.2 Å². The molecular weight excluding hydrogens is 455 g/mol. The molecule has 6 nitrogen and oxygen atoms in total. The number of alkyl halides is 3. The molecule has 2 heterocycles. The predicted octanol–water partition coefficient (Wildman–Crippen LogP) is 5.76. The van der Waals surface area contributed by atoms with Gasteiger partial charge in [0.25, 0.3) is 5.91 Å². The quantitative estimate of drug-likeness (QED) is 0.397. The van der Waals surface area contributed by atoms with E-state index < -0.39 is 17.6 Å². The van der Waals surface area contributed by atoms with Crippen molar-refractivity contribution in [2.45, 2.75) is 19.6 Å². The zero-order chi connectivity index (χ0) is 24.7. The Bertz CT molecular complexity index is 1430. The Morgan fingerprint density at radius 3 is 2.43 bits per heavy atom. The lowest BCUT2D eigenvalue weighted by Crippen LogP contribution is -2.23. The highest BCUT2D eigenvalue weighted by Crippen LogP contribution is 2.41. The molecule has 5 rings (SSSR count). The molecule has 0 unspecified atom stereocenters. The number of amides is 1. The Balaban J connectivity index is 1.63. The summed E-state index contributed by atoms with van der Waals surface area (Å²) in [7, 11) is 1.85. The van der Waals surface area contributed by atoms with Crippen molar-refractivity contribution in [2.75, 3.05) is 16.8 Å². The fraction of sp³-hybridized carbons (Fsp3) is 0.192. The average molecular weight is 477 g/mol. The number of nitrogens with one attached hydrogen (secondary N) is 1. The largest absolute Gasteiger partial charge is 0.416 e. The molecule has 3 aromatic carbocycles. The smallest absolute Gasteiger partial charge is 0.385 e. The molecule has 0 saturated carbocycles. The van der Waals surface area contributed by atoms with Crippen molar-refractivity contribution in [1.29, 1.82) is 0 Å². The summed E-state index contributed by atoms with van der Waals surface area (Å²) >= 11 is 0. The second-order valence-corrected chi connectivity index (χ2v) is 8.33. The van der Waals surface area contributed by atoms with Crippen molar-refractivity contribution in [3.63, 3.8) is 0 Å². The van der Waals surface area contributed by atoms with Crippen LogP contribution >= 0.6 is 0 Å². The number of rotatable bonds is 5. The summed E-state index contributed by atoms with van der Waals surface area (Å²) in [6.45, 7) is 2.44. The number of hydrogen-bond donors (Lipinski definition) is 1. The molecule has 4 aromatic rings. The number of aromatic nitrogens is 3. The number of carbonyl (C=O) groups excluding carboxylic acids is 1. The zero-order valence-electron chi connectivity index (χ0n) is 19.1. The van der Waals surface area contributed by atoms with Crippen molar-refractivity contribution in [3.8, 4) is 22.5 Å². The van der Waals surface area contributed by atoms with Crippen LogP contribution in [0.2, 0.25) is 0 Å². The number of benzene rings is 3. The standard InChI is InChI=1S/C26H22F3N5O/c1-3-30-17-11-16(19-7-4-5-8-20(19)24-32-31-15-33(24)2)12-18(13-17)34-14-22-21(25(34)35)9-6-10-23(22)26(27,28)29/h4-13,15,30H,3,14H2,1-2H3. The van der Waals surface area contributed by atoms with E-state index in [1.165, 1.54) is 17.0 Å². The predicted molar refractivity (Wildman–Crippen MR) is 128 cm³/mol. The van der Waals surface area contributed by atoms with Gasteiger partial charge in [-0.1, -0.05) is 30.3 Å². The fourth-order valence-corrected chi connectivity index (χ4v) is 4.49. The van der Waals surface area contributed by atoms with Gasteiger partial charge in [0, 0.05) is 36.1 Å². The molecule has 1 amide bonds. The molecule has 9 heteroatoms. The third kappa shape index (κ3) is 4.03. The lowest BCUT2D eigenvalue weighted by Gasteiger charge is -2.20. The van der Waals surface area contributed by atoms with Gasteiger partial charge in [-0.2, -0.15) is 13.2 Å². The number of hydrogen-bond acceptors (Lipinski definition) is 4. The van der Waals surface area contributed by atoms with Crippen LogP contribution in [0.3, 0.4) is 0 Å². The van der Waals surface area contributed by atoms with Crippen molar-refractivity contribution in [3.05, 3.63) is 83.7 Å². The molecule has 35 heavy (non-hydrogen) atoms. The molecule has 0 spiro atoms. The van der Waals surface area contributed by atoms with Crippen LogP contribution in [0.15, 0.2) is 67.0 Å². The van der Waals surface area contributed by atoms with Gasteiger partial charge in [0.05, 0.1) is 12.1 Å². The molecule has 0 fully saturated rings. The van der Waals surface area contributed by atoms with Crippen LogP contribution in [0, 0.1) is 0 Å². The van der Waals surface area contributed by atoms with E-state index in [1.54, 1.807) is 12.4 Å². The van der Waals surface area contributed by atoms with Crippen molar-refractivity contribution in [1.82, 2.24) is 14.8 Å². The van der Waals surface area contributed by atoms with E-state index in [-0.39, 0.29) is 17.7 Å². The lowest BCUT2D eigenvalue weighted by molar-refractivity contribution is -0.138. The number of fused-ring (bicyclic) bond motifs is 1. The molecule has 1 aromatic heterocycles. The minimum absolute atomic E-state index is 0.000103. The monoisotopic (exact) mass is 477 g/mol. The van der Waals surface area contributed by atoms with Gasteiger partial charge in [0.1, 0.15) is 6.33 Å². The molecule has 0 atom stereocenters. The number of nitrogens with zero attached hydrogens (tertiary/aromatic N) is 4. The van der Waals surface area contributed by atoms with Gasteiger partial charge in [-0.05, 0) is 53.9 Å². The summed E-state index contributed by atoms with van der Waals surface area (Å²) in [5, 5.41) is 11.5. The van der Waals surface area contributed by atoms with Crippen LogP contribution in [0.1, 0.15) is 28.4 Å². The van der Waals surface area contributed by atoms with Gasteiger partial charge >= 0.3 is 6.18 Å². The molecular formula is C26H22F3N5O. The maximum Gasteiger partial charge on any atom is 0.416 e. The van der Waals surface area contributed by atoms with E-state index >= 15 is 0 Å². The van der Waals surface area contributed by atoms with Gasteiger partial charge in [-0.15, -0.1) is 10.2 Å². The maximum absolute atomic E-state index is 13.6. The van der Waals surface area contributed by atoms with E-state index in [0.29, 0.717) is 18.1 Å². The molecule has 178 valence electrons. The first-order valence-corrected chi connectivity index (χ1v) is 11.1. The molecule has 0 radical (unpaired) electrons. The minimum Gasteiger partial charge on any atom is -0.385 e. The number of carbonyl (C=O) groups is 1. The van der Waals surface area contributed by atoms with Crippen LogP contribution < -0.4 is 10.2 Å². The maximum atomic E-state index is 13.6. The summed E-state index contributed by atoms with van der Waals surface area (Å²) in [5.41, 5.74) is 3.09. The molecule has 0 aliphatic carbocycles. The highest BCUT2D eigenvalue weighted by Gasteiger charge is 2.39. The Morgan fingerprint density at radius 1 is 1.00 bits per heavy atom.